The lowest BCUT2D eigenvalue weighted by atomic mass is 9.81. The molecule has 1 aliphatic carbocycles. The van der Waals surface area contributed by atoms with Crippen molar-refractivity contribution < 1.29 is 14.7 Å². The van der Waals surface area contributed by atoms with Crippen molar-refractivity contribution in [2.75, 3.05) is 0 Å². The van der Waals surface area contributed by atoms with Crippen LogP contribution in [0.1, 0.15) is 48.2 Å². The van der Waals surface area contributed by atoms with Crippen molar-refractivity contribution in [2.45, 2.75) is 44.6 Å². The summed E-state index contributed by atoms with van der Waals surface area (Å²) in [7, 11) is 0. The van der Waals surface area contributed by atoms with Crippen LogP contribution in [0.4, 0.5) is 0 Å². The third-order valence-corrected chi connectivity index (χ3v) is 4.18. The zero-order valence-electron chi connectivity index (χ0n) is 10.2. The Morgan fingerprint density at radius 3 is 2.56 bits per heavy atom. The van der Waals surface area contributed by atoms with Gasteiger partial charge in [0.1, 0.15) is 5.54 Å². The molecular formula is C12H16N2O3S. The third-order valence-electron chi connectivity index (χ3n) is 3.46. The third kappa shape index (κ3) is 2.38. The van der Waals surface area contributed by atoms with Gasteiger partial charge in [-0.25, -0.2) is 4.79 Å². The topological polar surface area (TPSA) is 79.3 Å². The molecule has 1 aromatic rings. The van der Waals surface area contributed by atoms with E-state index >= 15 is 0 Å². The van der Waals surface area contributed by atoms with Gasteiger partial charge in [-0.05, 0) is 31.3 Å². The minimum absolute atomic E-state index is 0.328. The van der Waals surface area contributed by atoms with Gasteiger partial charge in [0.05, 0.1) is 11.3 Å². The molecule has 0 atom stereocenters. The van der Waals surface area contributed by atoms with Crippen LogP contribution in [0, 0.1) is 6.92 Å². The normalized spacial score (nSPS) is 18.3. The predicted molar refractivity (Wildman–Crippen MR) is 67.8 cm³/mol. The number of carbonyl (C=O) groups excluding carboxylic acids is 1. The van der Waals surface area contributed by atoms with Crippen LogP contribution in [0.15, 0.2) is 5.38 Å². The van der Waals surface area contributed by atoms with Gasteiger partial charge in [-0.1, -0.05) is 19.3 Å². The van der Waals surface area contributed by atoms with Crippen molar-refractivity contribution in [3.63, 3.8) is 0 Å². The summed E-state index contributed by atoms with van der Waals surface area (Å²) in [5.74, 6) is -1.26. The SMILES string of the molecule is Cc1nscc1C(=O)NC1(C(=O)O)CCCCC1. The number of nitrogens with zero attached hydrogens (tertiary/aromatic N) is 1. The molecule has 0 radical (unpaired) electrons. The van der Waals surface area contributed by atoms with Crippen molar-refractivity contribution in [3.8, 4) is 0 Å². The minimum atomic E-state index is -1.09. The largest absolute Gasteiger partial charge is 0.480 e. The van der Waals surface area contributed by atoms with Crippen LogP contribution < -0.4 is 5.32 Å². The van der Waals surface area contributed by atoms with Crippen LogP contribution >= 0.6 is 11.5 Å². The number of rotatable bonds is 3. The summed E-state index contributed by atoms with van der Waals surface area (Å²) in [5, 5.41) is 13.7. The van der Waals surface area contributed by atoms with Crippen LogP contribution in [-0.2, 0) is 4.79 Å². The van der Waals surface area contributed by atoms with Gasteiger partial charge in [0.15, 0.2) is 0 Å². The Labute approximate surface area is 109 Å². The van der Waals surface area contributed by atoms with Crippen LogP contribution in [0.25, 0.3) is 0 Å². The van der Waals surface area contributed by atoms with E-state index in [2.05, 4.69) is 9.69 Å². The lowest BCUT2D eigenvalue weighted by molar-refractivity contribution is -0.145. The number of hydrogen-bond acceptors (Lipinski definition) is 4. The van der Waals surface area contributed by atoms with E-state index in [0.717, 1.165) is 19.3 Å². The fourth-order valence-electron chi connectivity index (χ4n) is 2.34. The summed E-state index contributed by atoms with van der Waals surface area (Å²) in [6.45, 7) is 1.75. The number of nitrogens with one attached hydrogen (secondary N) is 1. The van der Waals surface area contributed by atoms with Gasteiger partial charge in [0.25, 0.3) is 5.91 Å². The number of carboxylic acids is 1. The molecule has 0 aliphatic heterocycles. The van der Waals surface area contributed by atoms with E-state index in [0.29, 0.717) is 24.1 Å². The summed E-state index contributed by atoms with van der Waals surface area (Å²) in [6.07, 6.45) is 3.72. The van der Waals surface area contributed by atoms with Gasteiger partial charge in [-0.3, -0.25) is 4.79 Å². The zero-order chi connectivity index (χ0) is 13.2. The number of aromatic nitrogens is 1. The van der Waals surface area contributed by atoms with E-state index in [1.807, 2.05) is 0 Å². The molecule has 2 N–H and O–H groups in total. The van der Waals surface area contributed by atoms with Gasteiger partial charge in [0.2, 0.25) is 0 Å². The van der Waals surface area contributed by atoms with Crippen molar-refractivity contribution >= 4 is 23.4 Å². The molecule has 0 bridgehead atoms. The maximum atomic E-state index is 12.1. The first kappa shape index (κ1) is 13.0. The summed E-state index contributed by atoms with van der Waals surface area (Å²) in [4.78, 5) is 23.5. The Kier molecular flexibility index (Phi) is 3.65. The van der Waals surface area contributed by atoms with Gasteiger partial charge in [0, 0.05) is 5.38 Å². The quantitative estimate of drug-likeness (QED) is 0.878. The maximum absolute atomic E-state index is 12.1. The first-order valence-corrected chi connectivity index (χ1v) is 6.86. The summed E-state index contributed by atoms with van der Waals surface area (Å²) < 4.78 is 4.03. The highest BCUT2D eigenvalue weighted by molar-refractivity contribution is 7.03. The van der Waals surface area contributed by atoms with Gasteiger partial charge in [-0.2, -0.15) is 4.37 Å². The van der Waals surface area contributed by atoms with E-state index in [4.69, 9.17) is 0 Å². The predicted octanol–water partition coefficient (Wildman–Crippen LogP) is 1.97. The first-order chi connectivity index (χ1) is 8.55. The van der Waals surface area contributed by atoms with Gasteiger partial charge in [-0.15, -0.1) is 0 Å². The molecule has 6 heteroatoms. The van der Waals surface area contributed by atoms with E-state index in [1.165, 1.54) is 11.5 Å². The van der Waals surface area contributed by atoms with Crippen molar-refractivity contribution in [2.24, 2.45) is 0 Å². The number of aryl methyl sites for hydroxylation is 1. The fraction of sp³-hybridized carbons (Fsp3) is 0.583. The number of aliphatic carboxylic acids is 1. The second-order valence-corrected chi connectivity index (χ2v) is 5.34. The molecule has 1 saturated carbocycles. The Bertz CT molecular complexity index is 464. The Morgan fingerprint density at radius 1 is 1.39 bits per heavy atom. The molecule has 0 aromatic carbocycles. The summed E-state index contributed by atoms with van der Waals surface area (Å²) in [5.41, 5.74) is 0.0315. The van der Waals surface area contributed by atoms with E-state index in [9.17, 15) is 14.7 Å². The Balaban J connectivity index is 2.17. The van der Waals surface area contributed by atoms with Crippen LogP contribution in [0.5, 0.6) is 0 Å². The molecule has 1 aliphatic rings. The lowest BCUT2D eigenvalue weighted by Crippen LogP contribution is -2.55. The smallest absolute Gasteiger partial charge is 0.329 e. The maximum Gasteiger partial charge on any atom is 0.329 e. The lowest BCUT2D eigenvalue weighted by Gasteiger charge is -2.33. The Hall–Kier alpha value is -1.43. The second-order valence-electron chi connectivity index (χ2n) is 4.72. The molecule has 0 saturated heterocycles. The second kappa shape index (κ2) is 5.06. The minimum Gasteiger partial charge on any atom is -0.480 e. The van der Waals surface area contributed by atoms with Gasteiger partial charge >= 0.3 is 5.97 Å². The summed E-state index contributed by atoms with van der Waals surface area (Å²) >= 11 is 1.21. The molecule has 1 heterocycles. The monoisotopic (exact) mass is 268 g/mol. The standard InChI is InChI=1S/C12H16N2O3S/c1-8-9(7-18-14-8)10(15)13-12(11(16)17)5-3-2-4-6-12/h7H,2-6H2,1H3,(H,13,15)(H,16,17). The molecule has 1 amide bonds. The number of carboxylic acid groups (broad SMARTS) is 1. The first-order valence-electron chi connectivity index (χ1n) is 6.02. The van der Waals surface area contributed by atoms with Crippen molar-refractivity contribution in [3.05, 3.63) is 16.6 Å². The van der Waals surface area contributed by atoms with Crippen LogP contribution in [0.3, 0.4) is 0 Å². The zero-order valence-corrected chi connectivity index (χ0v) is 11.0. The number of carbonyl (C=O) groups is 2. The molecule has 98 valence electrons. The fourth-order valence-corrected chi connectivity index (χ4v) is 3.03. The van der Waals surface area contributed by atoms with Crippen LogP contribution in [0.2, 0.25) is 0 Å². The average Bonchev–Trinajstić information content (AvgIpc) is 2.76. The molecule has 1 aromatic heterocycles. The van der Waals surface area contributed by atoms with E-state index in [1.54, 1.807) is 12.3 Å². The number of hydrogen-bond donors (Lipinski definition) is 2. The van der Waals surface area contributed by atoms with Crippen molar-refractivity contribution in [1.29, 1.82) is 0 Å². The van der Waals surface area contributed by atoms with Crippen molar-refractivity contribution in [1.82, 2.24) is 9.69 Å². The molecule has 2 rings (SSSR count). The highest BCUT2D eigenvalue weighted by Gasteiger charge is 2.41. The molecule has 1 fully saturated rings. The van der Waals surface area contributed by atoms with E-state index < -0.39 is 11.5 Å². The summed E-state index contributed by atoms with van der Waals surface area (Å²) in [6, 6.07) is 0. The van der Waals surface area contributed by atoms with Crippen LogP contribution in [-0.4, -0.2) is 26.9 Å². The number of amides is 1. The molecule has 5 nitrogen and oxygen atoms in total. The van der Waals surface area contributed by atoms with Gasteiger partial charge < -0.3 is 10.4 Å². The molecule has 18 heavy (non-hydrogen) atoms. The molecular weight excluding hydrogens is 252 g/mol. The highest BCUT2D eigenvalue weighted by atomic mass is 32.1. The highest BCUT2D eigenvalue weighted by Crippen LogP contribution is 2.29. The Morgan fingerprint density at radius 2 is 2.06 bits per heavy atom. The molecule has 0 spiro atoms. The molecule has 0 unspecified atom stereocenters. The van der Waals surface area contributed by atoms with E-state index in [-0.39, 0.29) is 5.91 Å². The average molecular weight is 268 g/mol.